The van der Waals surface area contributed by atoms with Crippen LogP contribution in [0.1, 0.15) is 15.4 Å². The summed E-state index contributed by atoms with van der Waals surface area (Å²) in [5, 5.41) is 8.90. The molecule has 0 aliphatic rings. The lowest BCUT2D eigenvalue weighted by Crippen LogP contribution is -2.10. The lowest BCUT2D eigenvalue weighted by molar-refractivity contribution is 0.102. The van der Waals surface area contributed by atoms with Gasteiger partial charge < -0.3 is 9.84 Å². The maximum Gasteiger partial charge on any atom is 0.266 e. The first-order chi connectivity index (χ1) is 11.7. The third kappa shape index (κ3) is 2.70. The van der Waals surface area contributed by atoms with Gasteiger partial charge in [0.15, 0.2) is 5.82 Å². The molecular formula is C19H14N2O2S. The molecule has 118 valence electrons. The molecule has 0 spiro atoms. The Kier molecular flexibility index (Phi) is 3.63. The van der Waals surface area contributed by atoms with Crippen LogP contribution in [-0.4, -0.2) is 11.1 Å². The first kappa shape index (κ1) is 14.7. The molecular weight excluding hydrogens is 320 g/mol. The number of aromatic nitrogens is 1. The van der Waals surface area contributed by atoms with E-state index in [-0.39, 0.29) is 5.91 Å². The number of rotatable bonds is 3. The van der Waals surface area contributed by atoms with Crippen molar-refractivity contribution in [1.82, 2.24) is 5.16 Å². The monoisotopic (exact) mass is 334 g/mol. The zero-order valence-corrected chi connectivity index (χ0v) is 13.8. The summed E-state index contributed by atoms with van der Waals surface area (Å²) in [6.45, 7) is 1.78. The molecule has 2 aromatic heterocycles. The molecule has 0 unspecified atom stereocenters. The average Bonchev–Trinajstić information content (AvgIpc) is 3.23. The number of aryl methyl sites for hydroxylation is 1. The highest BCUT2D eigenvalue weighted by molar-refractivity contribution is 7.17. The molecule has 4 nitrogen and oxygen atoms in total. The number of carbonyl (C=O) groups excluding carboxylic acids is 1. The van der Waals surface area contributed by atoms with Gasteiger partial charge in [-0.3, -0.25) is 4.79 Å². The van der Waals surface area contributed by atoms with Gasteiger partial charge in [-0.2, -0.15) is 0 Å². The summed E-state index contributed by atoms with van der Waals surface area (Å²) in [5.74, 6) is 0.908. The number of thiophene rings is 1. The summed E-state index contributed by atoms with van der Waals surface area (Å²) in [5.41, 5.74) is 1.13. The van der Waals surface area contributed by atoms with Gasteiger partial charge in [0.25, 0.3) is 5.91 Å². The molecule has 2 aromatic carbocycles. The van der Waals surface area contributed by atoms with Gasteiger partial charge in [0.1, 0.15) is 5.76 Å². The van der Waals surface area contributed by atoms with Gasteiger partial charge in [-0.1, -0.05) is 47.6 Å². The van der Waals surface area contributed by atoms with Gasteiger partial charge in [-0.25, -0.2) is 0 Å². The van der Waals surface area contributed by atoms with Crippen LogP contribution in [0.5, 0.6) is 0 Å². The first-order valence-electron chi connectivity index (χ1n) is 7.53. The van der Waals surface area contributed by atoms with E-state index in [4.69, 9.17) is 4.52 Å². The van der Waals surface area contributed by atoms with Crippen molar-refractivity contribution < 1.29 is 9.32 Å². The number of amides is 1. The molecule has 0 saturated carbocycles. The van der Waals surface area contributed by atoms with Crippen molar-refractivity contribution in [2.24, 2.45) is 0 Å². The quantitative estimate of drug-likeness (QED) is 0.566. The predicted octanol–water partition coefficient (Wildman–Crippen LogP) is 5.12. The van der Waals surface area contributed by atoms with Crippen molar-refractivity contribution in [3.8, 4) is 10.4 Å². The van der Waals surface area contributed by atoms with E-state index < -0.39 is 0 Å². The van der Waals surface area contributed by atoms with Crippen LogP contribution >= 0.6 is 11.3 Å². The fourth-order valence-electron chi connectivity index (χ4n) is 2.65. The molecule has 4 rings (SSSR count). The molecule has 5 heteroatoms. The highest BCUT2D eigenvalue weighted by atomic mass is 32.1. The van der Waals surface area contributed by atoms with E-state index in [0.29, 0.717) is 16.5 Å². The molecule has 24 heavy (non-hydrogen) atoms. The van der Waals surface area contributed by atoms with Gasteiger partial charge >= 0.3 is 0 Å². The molecule has 0 atom stereocenters. The third-order valence-corrected chi connectivity index (χ3v) is 4.87. The number of anilines is 1. The number of hydrogen-bond donors (Lipinski definition) is 1. The number of hydrogen-bond acceptors (Lipinski definition) is 4. The van der Waals surface area contributed by atoms with Crippen LogP contribution in [0.15, 0.2) is 65.2 Å². The second-order valence-corrected chi connectivity index (χ2v) is 6.55. The lowest BCUT2D eigenvalue weighted by Gasteiger charge is -2.04. The van der Waals surface area contributed by atoms with E-state index in [1.54, 1.807) is 13.0 Å². The van der Waals surface area contributed by atoms with Crippen LogP contribution in [0.25, 0.3) is 21.2 Å². The largest absolute Gasteiger partial charge is 0.360 e. The standard InChI is InChI=1S/C19H14N2O2S/c1-12-11-18(21-23-12)20-19(22)17-10-9-16(24-17)15-8-4-6-13-5-2-3-7-14(13)15/h2-11H,1H3,(H,20,21,22). The van der Waals surface area contributed by atoms with Crippen LogP contribution in [0, 0.1) is 6.92 Å². The van der Waals surface area contributed by atoms with Crippen LogP contribution in [-0.2, 0) is 0 Å². The number of nitrogens with zero attached hydrogens (tertiary/aromatic N) is 1. The summed E-state index contributed by atoms with van der Waals surface area (Å²) in [4.78, 5) is 14.1. The van der Waals surface area contributed by atoms with Crippen LogP contribution < -0.4 is 5.32 Å². The number of carbonyl (C=O) groups is 1. The zero-order chi connectivity index (χ0) is 16.5. The SMILES string of the molecule is Cc1cc(NC(=O)c2ccc(-c3cccc4ccccc34)s2)no1. The van der Waals surface area contributed by atoms with Gasteiger partial charge in [0.05, 0.1) is 4.88 Å². The maximum absolute atomic E-state index is 12.3. The fraction of sp³-hybridized carbons (Fsp3) is 0.0526. The summed E-state index contributed by atoms with van der Waals surface area (Å²) in [6, 6.07) is 20.0. The van der Waals surface area contributed by atoms with Crippen LogP contribution in [0.3, 0.4) is 0 Å². The lowest BCUT2D eigenvalue weighted by atomic mass is 10.0. The molecule has 0 fully saturated rings. The topological polar surface area (TPSA) is 55.1 Å². The summed E-state index contributed by atoms with van der Waals surface area (Å²) < 4.78 is 4.96. The molecule has 0 bridgehead atoms. The molecule has 0 aliphatic heterocycles. The van der Waals surface area contributed by atoms with E-state index in [9.17, 15) is 4.79 Å². The van der Waals surface area contributed by atoms with E-state index in [0.717, 1.165) is 10.4 Å². The van der Waals surface area contributed by atoms with Gasteiger partial charge in [-0.15, -0.1) is 11.3 Å². The Morgan fingerprint density at radius 1 is 1.08 bits per heavy atom. The van der Waals surface area contributed by atoms with Gasteiger partial charge in [0.2, 0.25) is 0 Å². The Bertz CT molecular complexity index is 1030. The number of nitrogens with one attached hydrogen (secondary N) is 1. The maximum atomic E-state index is 12.3. The summed E-state index contributed by atoms with van der Waals surface area (Å²) in [6.07, 6.45) is 0. The minimum absolute atomic E-state index is 0.181. The van der Waals surface area contributed by atoms with Crippen LogP contribution in [0.2, 0.25) is 0 Å². The normalized spacial score (nSPS) is 10.9. The Hall–Kier alpha value is -2.92. The minimum atomic E-state index is -0.181. The van der Waals surface area contributed by atoms with E-state index in [1.165, 1.54) is 22.1 Å². The predicted molar refractivity (Wildman–Crippen MR) is 96.5 cm³/mol. The molecule has 4 aromatic rings. The van der Waals surface area contributed by atoms with Crippen molar-refractivity contribution >= 4 is 33.8 Å². The van der Waals surface area contributed by atoms with Gasteiger partial charge in [-0.05, 0) is 35.4 Å². The molecule has 0 saturated heterocycles. The van der Waals surface area contributed by atoms with E-state index in [1.807, 2.05) is 30.3 Å². The second-order valence-electron chi connectivity index (χ2n) is 5.47. The second kappa shape index (κ2) is 5.94. The first-order valence-corrected chi connectivity index (χ1v) is 8.35. The van der Waals surface area contributed by atoms with Crippen molar-refractivity contribution in [2.45, 2.75) is 6.92 Å². The van der Waals surface area contributed by atoms with Gasteiger partial charge in [0, 0.05) is 10.9 Å². The molecule has 0 radical (unpaired) electrons. The van der Waals surface area contributed by atoms with E-state index in [2.05, 4.69) is 34.7 Å². The molecule has 1 amide bonds. The molecule has 2 heterocycles. The van der Waals surface area contributed by atoms with E-state index >= 15 is 0 Å². The summed E-state index contributed by atoms with van der Waals surface area (Å²) >= 11 is 1.46. The Labute approximate surface area is 142 Å². The third-order valence-electron chi connectivity index (χ3n) is 3.75. The average molecular weight is 334 g/mol. The minimum Gasteiger partial charge on any atom is -0.360 e. The molecule has 0 aliphatic carbocycles. The van der Waals surface area contributed by atoms with Crippen molar-refractivity contribution in [1.29, 1.82) is 0 Å². The van der Waals surface area contributed by atoms with Crippen molar-refractivity contribution in [3.63, 3.8) is 0 Å². The van der Waals surface area contributed by atoms with Crippen molar-refractivity contribution in [3.05, 3.63) is 71.3 Å². The Morgan fingerprint density at radius 2 is 1.92 bits per heavy atom. The highest BCUT2D eigenvalue weighted by Crippen LogP contribution is 2.33. The molecule has 1 N–H and O–H groups in total. The fourth-order valence-corrected chi connectivity index (χ4v) is 3.59. The van der Waals surface area contributed by atoms with Crippen LogP contribution in [0.4, 0.5) is 5.82 Å². The Balaban J connectivity index is 1.65. The van der Waals surface area contributed by atoms with Crippen molar-refractivity contribution in [2.75, 3.05) is 5.32 Å². The summed E-state index contributed by atoms with van der Waals surface area (Å²) in [7, 11) is 0. The number of fused-ring (bicyclic) bond motifs is 1. The number of benzene rings is 2. The zero-order valence-electron chi connectivity index (χ0n) is 12.9. The smallest absolute Gasteiger partial charge is 0.266 e. The Morgan fingerprint density at radius 3 is 2.75 bits per heavy atom. The highest BCUT2D eigenvalue weighted by Gasteiger charge is 2.13.